The van der Waals surface area contributed by atoms with Crippen molar-refractivity contribution in [2.24, 2.45) is 0 Å². The van der Waals surface area contributed by atoms with Crippen molar-refractivity contribution in [1.82, 2.24) is 0 Å². The van der Waals surface area contributed by atoms with Crippen LogP contribution in [0.3, 0.4) is 0 Å². The third kappa shape index (κ3) is 1.73. The fourth-order valence-electron chi connectivity index (χ4n) is 2.00. The van der Waals surface area contributed by atoms with Crippen LogP contribution in [-0.4, -0.2) is 0 Å². The molecule has 2 aromatic carbocycles. The Labute approximate surface area is 110 Å². The van der Waals surface area contributed by atoms with E-state index in [1.54, 1.807) is 11.8 Å². The topological polar surface area (TPSA) is 0 Å². The zero-order chi connectivity index (χ0) is 11.8. The minimum Gasteiger partial charge on any atom is -0.119 e. The first-order valence-electron chi connectivity index (χ1n) is 5.27. The van der Waals surface area contributed by atoms with Crippen LogP contribution in [0.1, 0.15) is 11.1 Å². The number of rotatable bonds is 0. The zero-order valence-electron chi connectivity index (χ0n) is 9.03. The molecule has 0 aliphatic carbocycles. The van der Waals surface area contributed by atoms with Gasteiger partial charge in [0.05, 0.1) is 0 Å². The summed E-state index contributed by atoms with van der Waals surface area (Å²) in [5.74, 6) is 0. The van der Waals surface area contributed by atoms with Crippen LogP contribution in [0.25, 0.3) is 5.57 Å². The molecule has 1 heterocycles. The molecule has 0 amide bonds. The van der Waals surface area contributed by atoms with Gasteiger partial charge in [0.25, 0.3) is 0 Å². The Hall–Kier alpha value is -1.40. The van der Waals surface area contributed by atoms with E-state index in [0.29, 0.717) is 0 Å². The van der Waals surface area contributed by atoms with Crippen molar-refractivity contribution < 1.29 is 0 Å². The third-order valence-corrected chi connectivity index (χ3v) is 4.15. The maximum Gasteiger partial charge on any atom is 0.0413 e. The smallest absolute Gasteiger partial charge is 0.0413 e. The quantitative estimate of drug-likeness (QED) is 0.509. The van der Waals surface area contributed by atoms with E-state index >= 15 is 0 Å². The largest absolute Gasteiger partial charge is 0.119 e. The molecular formula is C15H9ClS. The van der Waals surface area contributed by atoms with Crippen LogP contribution in [0.4, 0.5) is 0 Å². The Kier molecular flexibility index (Phi) is 2.60. The molecule has 82 valence electrons. The molecule has 0 fully saturated rings. The Morgan fingerprint density at radius 1 is 1.00 bits per heavy atom. The van der Waals surface area contributed by atoms with E-state index in [0.717, 1.165) is 16.2 Å². The maximum atomic E-state index is 6.06. The highest BCUT2D eigenvalue weighted by Crippen LogP contribution is 2.45. The van der Waals surface area contributed by atoms with Gasteiger partial charge in [-0.05, 0) is 24.3 Å². The molecule has 2 aromatic rings. The molecule has 0 radical (unpaired) electrons. The maximum absolute atomic E-state index is 6.06. The van der Waals surface area contributed by atoms with Crippen molar-refractivity contribution in [1.29, 1.82) is 0 Å². The van der Waals surface area contributed by atoms with E-state index < -0.39 is 0 Å². The van der Waals surface area contributed by atoms with Gasteiger partial charge in [-0.1, -0.05) is 48.1 Å². The summed E-state index contributed by atoms with van der Waals surface area (Å²) in [7, 11) is 0. The van der Waals surface area contributed by atoms with Crippen LogP contribution >= 0.6 is 23.4 Å². The molecule has 0 nitrogen and oxygen atoms in total. The second kappa shape index (κ2) is 4.12. The molecular weight excluding hydrogens is 248 g/mol. The fourth-order valence-corrected chi connectivity index (χ4v) is 3.25. The molecule has 0 aromatic heterocycles. The van der Waals surface area contributed by atoms with E-state index in [1.807, 2.05) is 24.3 Å². The summed E-state index contributed by atoms with van der Waals surface area (Å²) in [6, 6.07) is 14.2. The van der Waals surface area contributed by atoms with Crippen molar-refractivity contribution in [2.75, 3.05) is 0 Å². The van der Waals surface area contributed by atoms with Crippen LogP contribution in [0, 0.1) is 0 Å². The molecule has 3 rings (SSSR count). The van der Waals surface area contributed by atoms with Crippen molar-refractivity contribution in [3.63, 3.8) is 0 Å². The van der Waals surface area contributed by atoms with Gasteiger partial charge in [-0.3, -0.25) is 0 Å². The third-order valence-electron chi connectivity index (χ3n) is 2.76. The first kappa shape index (κ1) is 10.7. The highest BCUT2D eigenvalue weighted by molar-refractivity contribution is 7.99. The van der Waals surface area contributed by atoms with Gasteiger partial charge >= 0.3 is 0 Å². The van der Waals surface area contributed by atoms with Crippen molar-refractivity contribution in [2.45, 2.75) is 9.79 Å². The van der Waals surface area contributed by atoms with Crippen LogP contribution in [0.2, 0.25) is 5.02 Å². The molecule has 17 heavy (non-hydrogen) atoms. The van der Waals surface area contributed by atoms with Crippen molar-refractivity contribution >= 4 is 28.9 Å². The highest BCUT2D eigenvalue weighted by atomic mass is 35.5. The molecule has 0 saturated heterocycles. The fraction of sp³-hybridized carbons (Fsp3) is 0. The number of hydrogen-bond acceptors (Lipinski definition) is 1. The van der Waals surface area contributed by atoms with Crippen LogP contribution in [-0.2, 0) is 0 Å². The van der Waals surface area contributed by atoms with Gasteiger partial charge in [0.15, 0.2) is 0 Å². The zero-order valence-corrected chi connectivity index (χ0v) is 10.6. The molecule has 0 saturated carbocycles. The van der Waals surface area contributed by atoms with Gasteiger partial charge in [-0.25, -0.2) is 0 Å². The SMILES string of the molecule is C=C=C1c2ccccc2Sc2ccc(Cl)cc21. The van der Waals surface area contributed by atoms with Gasteiger partial charge in [0, 0.05) is 31.5 Å². The molecule has 0 unspecified atom stereocenters. The summed E-state index contributed by atoms with van der Waals surface area (Å²) in [4.78, 5) is 2.45. The lowest BCUT2D eigenvalue weighted by Crippen LogP contribution is -1.97. The predicted molar refractivity (Wildman–Crippen MR) is 73.7 cm³/mol. The molecule has 1 aliphatic heterocycles. The average Bonchev–Trinajstić information content (AvgIpc) is 2.36. The molecule has 0 atom stereocenters. The Bertz CT molecular complexity index is 652. The number of halogens is 1. The van der Waals surface area contributed by atoms with E-state index in [2.05, 4.69) is 30.5 Å². The summed E-state index contributed by atoms with van der Waals surface area (Å²) >= 11 is 7.82. The number of hydrogen-bond donors (Lipinski definition) is 0. The van der Waals surface area contributed by atoms with Crippen molar-refractivity contribution in [3.8, 4) is 0 Å². The van der Waals surface area contributed by atoms with Gasteiger partial charge in [-0.15, -0.1) is 5.73 Å². The second-order valence-corrected chi connectivity index (χ2v) is 5.31. The molecule has 0 N–H and O–H groups in total. The normalized spacial score (nSPS) is 12.6. The number of benzene rings is 2. The predicted octanol–water partition coefficient (Wildman–Crippen LogP) is 5.02. The highest BCUT2D eigenvalue weighted by Gasteiger charge is 2.20. The first-order valence-corrected chi connectivity index (χ1v) is 6.46. The van der Waals surface area contributed by atoms with Gasteiger partial charge in [0.1, 0.15) is 0 Å². The Balaban J connectivity index is 2.31. The van der Waals surface area contributed by atoms with Crippen molar-refractivity contribution in [3.05, 3.63) is 70.9 Å². The Morgan fingerprint density at radius 2 is 1.76 bits per heavy atom. The van der Waals surface area contributed by atoms with Gasteiger partial charge in [-0.2, -0.15) is 0 Å². The van der Waals surface area contributed by atoms with E-state index in [-0.39, 0.29) is 0 Å². The van der Waals surface area contributed by atoms with Crippen LogP contribution in [0.5, 0.6) is 0 Å². The Morgan fingerprint density at radius 3 is 2.59 bits per heavy atom. The molecule has 0 bridgehead atoms. The summed E-state index contributed by atoms with van der Waals surface area (Å²) in [6.07, 6.45) is 0. The second-order valence-electron chi connectivity index (χ2n) is 3.79. The summed E-state index contributed by atoms with van der Waals surface area (Å²) in [6.45, 7) is 3.80. The lowest BCUT2D eigenvalue weighted by molar-refractivity contribution is 1.29. The molecule has 1 aliphatic rings. The summed E-state index contributed by atoms with van der Waals surface area (Å²) in [5.41, 5.74) is 6.38. The summed E-state index contributed by atoms with van der Waals surface area (Å²) < 4.78 is 0. The minimum atomic E-state index is 0.747. The van der Waals surface area contributed by atoms with Crippen LogP contribution < -0.4 is 0 Å². The molecule has 0 spiro atoms. The van der Waals surface area contributed by atoms with Crippen LogP contribution in [0.15, 0.2) is 64.6 Å². The standard InChI is InChI=1S/C15H9ClS/c1-2-11-12-5-3-4-6-14(12)17-15-8-7-10(16)9-13(11)15/h3-9H,1H2. The first-order chi connectivity index (χ1) is 8.29. The lowest BCUT2D eigenvalue weighted by atomic mass is 9.98. The minimum absolute atomic E-state index is 0.747. The van der Waals surface area contributed by atoms with Gasteiger partial charge < -0.3 is 0 Å². The lowest BCUT2D eigenvalue weighted by Gasteiger charge is -2.20. The number of fused-ring (bicyclic) bond motifs is 2. The summed E-state index contributed by atoms with van der Waals surface area (Å²) in [5, 5.41) is 0.747. The molecule has 2 heteroatoms. The average molecular weight is 257 g/mol. The van der Waals surface area contributed by atoms with E-state index in [1.165, 1.54) is 15.4 Å². The van der Waals surface area contributed by atoms with Gasteiger partial charge in [0.2, 0.25) is 0 Å². The van der Waals surface area contributed by atoms with E-state index in [4.69, 9.17) is 11.6 Å². The monoisotopic (exact) mass is 256 g/mol. The van der Waals surface area contributed by atoms with E-state index in [9.17, 15) is 0 Å².